The van der Waals surface area contributed by atoms with E-state index in [1.54, 1.807) is 6.92 Å². The van der Waals surface area contributed by atoms with Crippen molar-refractivity contribution in [3.8, 4) is 11.6 Å². The summed E-state index contributed by atoms with van der Waals surface area (Å²) in [7, 11) is -4.65. The predicted octanol–water partition coefficient (Wildman–Crippen LogP) is 4.26. The van der Waals surface area contributed by atoms with Gasteiger partial charge in [-0.15, -0.1) is 5.10 Å². The van der Waals surface area contributed by atoms with E-state index in [1.165, 1.54) is 12.1 Å². The Morgan fingerprint density at radius 3 is 2.54 bits per heavy atom. The first-order valence-electron chi connectivity index (χ1n) is 12.0. The van der Waals surface area contributed by atoms with Crippen LogP contribution < -0.4 is 19.1 Å². The molecule has 2 N–H and O–H groups in total. The van der Waals surface area contributed by atoms with Crippen LogP contribution in [0.4, 0.5) is 38.1 Å². The maximum atomic E-state index is 13.9. The highest BCUT2D eigenvalue weighted by Gasteiger charge is 2.51. The van der Waals surface area contributed by atoms with E-state index in [-0.39, 0.29) is 36.5 Å². The van der Waals surface area contributed by atoms with Crippen LogP contribution in [0, 0.1) is 0 Å². The number of aryl methyl sites for hydroxylation is 1. The number of carboxylic acids is 1. The number of carbonyl (C=O) groups is 2. The smallest absolute Gasteiger partial charge is 0.427 e. The topological polar surface area (TPSA) is 149 Å². The van der Waals surface area contributed by atoms with Crippen molar-refractivity contribution in [2.24, 2.45) is 0 Å². The van der Waals surface area contributed by atoms with Crippen molar-refractivity contribution in [2.75, 3.05) is 22.8 Å². The van der Waals surface area contributed by atoms with Gasteiger partial charge in [0.05, 0.1) is 12.2 Å². The lowest BCUT2D eigenvalue weighted by Crippen LogP contribution is -2.44. The van der Waals surface area contributed by atoms with Crippen molar-refractivity contribution in [3.05, 3.63) is 24.4 Å². The second kappa shape index (κ2) is 12.0. The van der Waals surface area contributed by atoms with Gasteiger partial charge < -0.3 is 19.3 Å². The minimum atomic E-state index is -4.88. The third-order valence-corrected chi connectivity index (χ3v) is 7.54. The molecular weight excluding hydrogens is 587 g/mol. The Labute approximate surface area is 231 Å². The van der Waals surface area contributed by atoms with Gasteiger partial charge in [0.15, 0.2) is 11.5 Å². The second-order valence-electron chi connectivity index (χ2n) is 9.27. The Morgan fingerprint density at radius 1 is 1.27 bits per heavy atom. The number of hydrogen-bond donors (Lipinski definition) is 2. The van der Waals surface area contributed by atoms with E-state index in [9.17, 15) is 40.0 Å². The number of carbonyl (C=O) groups excluding carboxylic acids is 1. The average Bonchev–Trinajstić information content (AvgIpc) is 3.29. The van der Waals surface area contributed by atoms with Crippen molar-refractivity contribution < 1.29 is 59.3 Å². The number of ether oxygens (including phenoxy) is 3. The predicted molar refractivity (Wildman–Crippen MR) is 132 cm³/mol. The van der Waals surface area contributed by atoms with Gasteiger partial charge in [0, 0.05) is 24.8 Å². The van der Waals surface area contributed by atoms with Crippen LogP contribution in [0.3, 0.4) is 0 Å². The molecule has 228 valence electrons. The maximum Gasteiger partial charge on any atom is 0.427 e. The Hall–Kier alpha value is -3.83. The molecule has 0 fully saturated rings. The largest absolute Gasteiger partial charge is 0.486 e. The molecule has 12 nitrogen and oxygen atoms in total. The molecule has 1 aromatic heterocycles. The number of benzene rings is 1. The summed E-state index contributed by atoms with van der Waals surface area (Å²) < 4.78 is 110. The monoisotopic (exact) mass is 614 g/mol. The van der Waals surface area contributed by atoms with Crippen molar-refractivity contribution >= 4 is 33.5 Å². The first kappa shape index (κ1) is 31.7. The van der Waals surface area contributed by atoms with Gasteiger partial charge in [-0.25, -0.2) is 22.0 Å². The van der Waals surface area contributed by atoms with Crippen LogP contribution in [0.1, 0.15) is 33.6 Å². The molecular formula is C23H27F5N4O8S. The van der Waals surface area contributed by atoms with Crippen molar-refractivity contribution in [1.29, 1.82) is 0 Å². The standard InChI is InChI=1S/C23H27F5N4O8S/c1-4-31-11-17(20(30-31)38-12-18(24)25)41(36,37)32-10-14(6-8-19(33)34)39-16-7-5-13(9-15(16)32)29-21(35)40-22(2,3)23(26,27)28/h5,7,9,11,14,18H,4,6,8,10,12H2,1-3H3,(H,29,35)(H,33,34). The molecule has 1 atom stereocenters. The van der Waals surface area contributed by atoms with E-state index >= 15 is 0 Å². The maximum absolute atomic E-state index is 13.9. The zero-order chi connectivity index (χ0) is 30.8. The number of carboxylic acid groups (broad SMARTS) is 1. The van der Waals surface area contributed by atoms with E-state index in [2.05, 4.69) is 15.2 Å². The lowest BCUT2D eigenvalue weighted by molar-refractivity contribution is -0.242. The highest BCUT2D eigenvalue weighted by Crippen LogP contribution is 2.41. The fourth-order valence-corrected chi connectivity index (χ4v) is 5.15. The molecule has 0 saturated carbocycles. The molecule has 0 bridgehead atoms. The average molecular weight is 615 g/mol. The summed E-state index contributed by atoms with van der Waals surface area (Å²) in [5, 5.41) is 15.1. The number of nitrogens with one attached hydrogen (secondary N) is 1. The van der Waals surface area contributed by atoms with Crippen LogP contribution in [0.25, 0.3) is 0 Å². The fourth-order valence-electron chi connectivity index (χ4n) is 3.57. The molecule has 1 amide bonds. The van der Waals surface area contributed by atoms with Crippen LogP contribution in [-0.2, 0) is 26.1 Å². The number of halogens is 5. The van der Waals surface area contributed by atoms with E-state index < -0.39 is 70.3 Å². The molecule has 41 heavy (non-hydrogen) atoms. The van der Waals surface area contributed by atoms with E-state index in [4.69, 9.17) is 14.6 Å². The molecule has 2 aromatic rings. The molecule has 0 radical (unpaired) electrons. The summed E-state index contributed by atoms with van der Waals surface area (Å²) in [5.41, 5.74) is -3.19. The molecule has 1 unspecified atom stereocenters. The molecule has 1 aliphatic heterocycles. The lowest BCUT2D eigenvalue weighted by Gasteiger charge is -2.35. The van der Waals surface area contributed by atoms with Crippen LogP contribution in [-0.4, -0.2) is 72.8 Å². The summed E-state index contributed by atoms with van der Waals surface area (Å²) in [5.74, 6) is -1.84. The van der Waals surface area contributed by atoms with Crippen LogP contribution in [0.15, 0.2) is 29.3 Å². The number of aliphatic carboxylic acids is 1. The summed E-state index contributed by atoms with van der Waals surface area (Å²) in [4.78, 5) is 22.7. The minimum absolute atomic E-state index is 0.0670. The van der Waals surface area contributed by atoms with Gasteiger partial charge in [-0.2, -0.15) is 13.2 Å². The highest BCUT2D eigenvalue weighted by atomic mass is 32.2. The van der Waals surface area contributed by atoms with Gasteiger partial charge in [0.1, 0.15) is 11.9 Å². The third kappa shape index (κ3) is 7.47. The third-order valence-electron chi connectivity index (χ3n) is 5.78. The quantitative estimate of drug-likeness (QED) is 0.354. The molecule has 2 heterocycles. The summed E-state index contributed by atoms with van der Waals surface area (Å²) in [6.07, 6.45) is -9.67. The van der Waals surface area contributed by atoms with Gasteiger partial charge in [-0.3, -0.25) is 19.1 Å². The van der Waals surface area contributed by atoms with Crippen molar-refractivity contribution in [2.45, 2.75) is 69.4 Å². The Bertz CT molecular complexity index is 1380. The number of anilines is 2. The Morgan fingerprint density at radius 2 is 1.95 bits per heavy atom. The Balaban J connectivity index is 2.02. The number of fused-ring (bicyclic) bond motifs is 1. The number of amides is 1. The van der Waals surface area contributed by atoms with Gasteiger partial charge >= 0.3 is 18.2 Å². The number of rotatable bonds is 11. The van der Waals surface area contributed by atoms with Crippen LogP contribution in [0.5, 0.6) is 11.6 Å². The molecule has 3 rings (SSSR count). The zero-order valence-corrected chi connectivity index (χ0v) is 22.8. The SMILES string of the molecule is CCn1cc(S(=O)(=O)N2CC(CCC(=O)O)Oc3ccc(NC(=O)OC(C)(C)C(F)(F)F)cc32)c(OCC(F)F)n1. The van der Waals surface area contributed by atoms with E-state index in [1.807, 2.05) is 0 Å². The molecule has 18 heteroatoms. The number of hydrogen-bond acceptors (Lipinski definition) is 8. The number of aromatic nitrogens is 2. The number of sulfonamides is 1. The first-order valence-corrected chi connectivity index (χ1v) is 13.5. The van der Waals surface area contributed by atoms with E-state index in [0.717, 1.165) is 21.3 Å². The first-order chi connectivity index (χ1) is 18.9. The molecule has 0 aliphatic carbocycles. The summed E-state index contributed by atoms with van der Waals surface area (Å²) >= 11 is 0. The minimum Gasteiger partial charge on any atom is -0.486 e. The normalized spacial score (nSPS) is 15.7. The zero-order valence-electron chi connectivity index (χ0n) is 21.9. The van der Waals surface area contributed by atoms with Gasteiger partial charge in [-0.05, 0) is 45.4 Å². The molecule has 1 aromatic carbocycles. The molecule has 0 spiro atoms. The van der Waals surface area contributed by atoms with Crippen LogP contribution in [0.2, 0.25) is 0 Å². The van der Waals surface area contributed by atoms with Gasteiger partial charge in [0.2, 0.25) is 5.60 Å². The van der Waals surface area contributed by atoms with Crippen molar-refractivity contribution in [3.63, 3.8) is 0 Å². The summed E-state index contributed by atoms with van der Waals surface area (Å²) in [6.45, 7) is 1.47. The number of nitrogens with zero attached hydrogens (tertiary/aromatic N) is 3. The molecule has 0 saturated heterocycles. The van der Waals surface area contributed by atoms with Crippen LogP contribution >= 0.6 is 0 Å². The van der Waals surface area contributed by atoms with E-state index in [0.29, 0.717) is 13.8 Å². The van der Waals surface area contributed by atoms with Gasteiger partial charge in [0.25, 0.3) is 22.3 Å². The second-order valence-corrected chi connectivity index (χ2v) is 11.1. The van der Waals surface area contributed by atoms with Gasteiger partial charge in [-0.1, -0.05) is 0 Å². The lowest BCUT2D eigenvalue weighted by atomic mass is 10.1. The van der Waals surface area contributed by atoms with Crippen molar-refractivity contribution in [1.82, 2.24) is 9.78 Å². The highest BCUT2D eigenvalue weighted by molar-refractivity contribution is 7.93. The summed E-state index contributed by atoms with van der Waals surface area (Å²) in [6, 6.07) is 3.52. The number of alkyl halides is 5. The fraction of sp³-hybridized carbons (Fsp3) is 0.522. The molecule has 1 aliphatic rings. The Kier molecular flexibility index (Phi) is 9.24.